The van der Waals surface area contributed by atoms with E-state index in [0.717, 1.165) is 30.6 Å². The van der Waals surface area contributed by atoms with Crippen LogP contribution in [-0.2, 0) is 14.3 Å². The number of carboxylic acid groups (broad SMARTS) is 1. The molecule has 1 N–H and O–H groups in total. The van der Waals surface area contributed by atoms with Gasteiger partial charge in [-0.1, -0.05) is 74.0 Å². The topological polar surface area (TPSA) is 66.8 Å². The van der Waals surface area contributed by atoms with Crippen LogP contribution in [0.2, 0.25) is 0 Å². The molecule has 5 saturated carbocycles. The minimum Gasteiger partial charge on any atom is -0.481 e. The molecule has 10 atom stereocenters. The van der Waals surface area contributed by atoms with Gasteiger partial charge in [0.1, 0.15) is 6.10 Å². The first-order valence-corrected chi connectivity index (χ1v) is 21.1. The standard InChI is InChI=1S/C45H75NO4/c1-11-31-17-25-46(26-18-31)27-24-45-21-14-32(30(2)3)39(45)33-12-13-35-42(8)19-16-36(50-38(49)29-40(4,5)28-37(47)48)41(6,7)34(42)15-20-44(35,10)43(33,9)22-23-45/h31-36,39H,2,11-29H2,1,3-10H3,(H,47,48)/t32-,33+,34-,35+,36-,39+,42-,43+,44+,45+/m0/s1. The van der Waals surface area contributed by atoms with Crippen molar-refractivity contribution < 1.29 is 19.4 Å². The van der Waals surface area contributed by atoms with Crippen molar-refractivity contribution in [1.82, 2.24) is 4.90 Å². The van der Waals surface area contributed by atoms with E-state index in [0.29, 0.717) is 34.0 Å². The Balaban J connectivity index is 1.20. The van der Waals surface area contributed by atoms with Gasteiger partial charge in [-0.15, -0.1) is 0 Å². The summed E-state index contributed by atoms with van der Waals surface area (Å²) in [6, 6.07) is 0. The number of allylic oxidation sites excluding steroid dienone is 1. The van der Waals surface area contributed by atoms with E-state index in [-0.39, 0.29) is 35.7 Å². The van der Waals surface area contributed by atoms with E-state index in [1.54, 1.807) is 0 Å². The molecule has 1 aliphatic heterocycles. The molecule has 0 radical (unpaired) electrons. The second kappa shape index (κ2) is 13.5. The molecule has 6 rings (SSSR count). The van der Waals surface area contributed by atoms with Crippen molar-refractivity contribution in [3.05, 3.63) is 12.2 Å². The van der Waals surface area contributed by atoms with Crippen molar-refractivity contribution in [3.8, 4) is 0 Å². The van der Waals surface area contributed by atoms with E-state index in [2.05, 4.69) is 59.9 Å². The number of ether oxygens (including phenoxy) is 1. The Labute approximate surface area is 306 Å². The summed E-state index contributed by atoms with van der Waals surface area (Å²) in [6.07, 6.45) is 18.4. The highest BCUT2D eigenvalue weighted by Gasteiger charge is 2.71. The molecule has 0 amide bonds. The zero-order valence-corrected chi connectivity index (χ0v) is 33.8. The molecule has 5 nitrogen and oxygen atoms in total. The van der Waals surface area contributed by atoms with Gasteiger partial charge < -0.3 is 14.7 Å². The highest BCUT2D eigenvalue weighted by molar-refractivity contribution is 5.73. The van der Waals surface area contributed by atoms with Crippen LogP contribution in [0.25, 0.3) is 0 Å². The summed E-state index contributed by atoms with van der Waals surface area (Å²) in [6.45, 7) is 29.9. The predicted molar refractivity (Wildman–Crippen MR) is 204 cm³/mol. The van der Waals surface area contributed by atoms with E-state index in [4.69, 9.17) is 4.74 Å². The van der Waals surface area contributed by atoms with E-state index in [9.17, 15) is 14.7 Å². The quantitative estimate of drug-likeness (QED) is 0.182. The molecule has 50 heavy (non-hydrogen) atoms. The molecule has 0 unspecified atom stereocenters. The maximum Gasteiger partial charge on any atom is 0.306 e. The normalized spacial score (nSPS) is 43.2. The van der Waals surface area contributed by atoms with Gasteiger partial charge in [0.25, 0.3) is 0 Å². The third-order valence-electron chi connectivity index (χ3n) is 17.9. The van der Waals surface area contributed by atoms with Crippen molar-refractivity contribution in [3.63, 3.8) is 0 Å². The van der Waals surface area contributed by atoms with Crippen molar-refractivity contribution in [1.29, 1.82) is 0 Å². The van der Waals surface area contributed by atoms with Crippen LogP contribution < -0.4 is 0 Å². The van der Waals surface area contributed by atoms with Crippen LogP contribution in [-0.4, -0.2) is 47.7 Å². The molecule has 284 valence electrons. The molecule has 0 aromatic rings. The van der Waals surface area contributed by atoms with E-state index in [1.165, 1.54) is 102 Å². The van der Waals surface area contributed by atoms with Gasteiger partial charge in [0.15, 0.2) is 0 Å². The number of hydrogen-bond acceptors (Lipinski definition) is 4. The molecule has 1 heterocycles. The second-order valence-corrected chi connectivity index (χ2v) is 21.2. The summed E-state index contributed by atoms with van der Waals surface area (Å²) >= 11 is 0. The van der Waals surface area contributed by atoms with Crippen LogP contribution in [0.1, 0.15) is 165 Å². The van der Waals surface area contributed by atoms with Gasteiger partial charge in [0, 0.05) is 5.41 Å². The first kappa shape index (κ1) is 38.4. The fraction of sp³-hybridized carbons (Fsp3) is 0.911. The molecule has 0 aromatic heterocycles. The molecule has 0 aromatic carbocycles. The van der Waals surface area contributed by atoms with Gasteiger partial charge in [0.2, 0.25) is 0 Å². The lowest BCUT2D eigenvalue weighted by Crippen LogP contribution is -2.66. The van der Waals surface area contributed by atoms with Gasteiger partial charge >= 0.3 is 11.9 Å². The van der Waals surface area contributed by atoms with Gasteiger partial charge in [0.05, 0.1) is 12.8 Å². The Kier molecular flexibility index (Phi) is 10.4. The summed E-state index contributed by atoms with van der Waals surface area (Å²) in [5.41, 5.74) is 2.12. The van der Waals surface area contributed by atoms with Gasteiger partial charge in [-0.05, 0) is 173 Å². The molecule has 5 heteroatoms. The molecule has 0 bridgehead atoms. The monoisotopic (exact) mass is 694 g/mol. The number of piperidine rings is 1. The van der Waals surface area contributed by atoms with Crippen molar-refractivity contribution in [2.75, 3.05) is 19.6 Å². The second-order valence-electron chi connectivity index (χ2n) is 21.2. The molecule has 6 fully saturated rings. The van der Waals surface area contributed by atoms with Crippen LogP contribution >= 0.6 is 0 Å². The molecular weight excluding hydrogens is 618 g/mol. The zero-order valence-electron chi connectivity index (χ0n) is 33.8. The summed E-state index contributed by atoms with van der Waals surface area (Å²) in [4.78, 5) is 27.5. The van der Waals surface area contributed by atoms with Gasteiger partial charge in [-0.3, -0.25) is 9.59 Å². The Morgan fingerprint density at radius 1 is 0.840 bits per heavy atom. The number of rotatable bonds is 10. The molecule has 5 aliphatic carbocycles. The molecule has 6 aliphatic rings. The Morgan fingerprint density at radius 2 is 1.54 bits per heavy atom. The maximum atomic E-state index is 13.2. The number of carbonyl (C=O) groups is 2. The zero-order chi connectivity index (χ0) is 36.5. The lowest BCUT2D eigenvalue weighted by atomic mass is 9.32. The van der Waals surface area contributed by atoms with Gasteiger partial charge in [-0.25, -0.2) is 0 Å². The van der Waals surface area contributed by atoms with Crippen LogP contribution in [0.15, 0.2) is 12.2 Å². The van der Waals surface area contributed by atoms with Crippen LogP contribution in [0, 0.1) is 68.0 Å². The number of carbonyl (C=O) groups excluding carboxylic acids is 1. The number of nitrogens with zero attached hydrogens (tertiary/aromatic N) is 1. The van der Waals surface area contributed by atoms with Gasteiger partial charge in [-0.2, -0.15) is 0 Å². The summed E-state index contributed by atoms with van der Waals surface area (Å²) in [5, 5.41) is 9.35. The summed E-state index contributed by atoms with van der Waals surface area (Å²) < 4.78 is 6.31. The summed E-state index contributed by atoms with van der Waals surface area (Å²) in [7, 11) is 0. The first-order valence-electron chi connectivity index (χ1n) is 21.1. The van der Waals surface area contributed by atoms with E-state index < -0.39 is 11.4 Å². The average molecular weight is 694 g/mol. The average Bonchev–Trinajstić information content (AvgIpc) is 3.41. The Hall–Kier alpha value is -1.36. The van der Waals surface area contributed by atoms with Crippen molar-refractivity contribution in [2.24, 2.45) is 68.0 Å². The smallest absolute Gasteiger partial charge is 0.306 e. The number of aliphatic carboxylic acids is 1. The Morgan fingerprint density at radius 3 is 2.18 bits per heavy atom. The number of carboxylic acids is 1. The lowest BCUT2D eigenvalue weighted by Gasteiger charge is -2.73. The molecule has 0 spiro atoms. The van der Waals surface area contributed by atoms with E-state index in [1.807, 2.05) is 13.8 Å². The van der Waals surface area contributed by atoms with Crippen LogP contribution in [0.4, 0.5) is 0 Å². The summed E-state index contributed by atoms with van der Waals surface area (Å²) in [5.74, 6) is 3.31. The van der Waals surface area contributed by atoms with E-state index >= 15 is 0 Å². The minimum atomic E-state index is -0.862. The number of fused-ring (bicyclic) bond motifs is 7. The SMILES string of the molecule is C=C(C)[C@@H]1CC[C@]2(CCN3CCC(CC)CC3)CC[C@]3(C)[C@H](CC[C@@H]4[C@@]5(C)CC[C@H](OC(=O)CC(C)(C)CC(=O)O)C(C)(C)[C@@H]5CC[C@]43C)[C@@H]12. The van der Waals surface area contributed by atoms with Crippen LogP contribution in [0.3, 0.4) is 0 Å². The Bertz CT molecular complexity index is 1300. The predicted octanol–water partition coefficient (Wildman–Crippen LogP) is 11.0. The maximum absolute atomic E-state index is 13.2. The highest BCUT2D eigenvalue weighted by Crippen LogP contribution is 2.78. The fourth-order valence-electron chi connectivity index (χ4n) is 15.0. The first-order chi connectivity index (χ1) is 23.3. The number of esters is 1. The minimum absolute atomic E-state index is 0.0240. The largest absolute Gasteiger partial charge is 0.481 e. The molecule has 1 saturated heterocycles. The number of likely N-dealkylation sites (tertiary alicyclic amines) is 1. The fourth-order valence-corrected chi connectivity index (χ4v) is 15.0. The third-order valence-corrected chi connectivity index (χ3v) is 17.9. The van der Waals surface area contributed by atoms with Crippen LogP contribution in [0.5, 0.6) is 0 Å². The van der Waals surface area contributed by atoms with Crippen molar-refractivity contribution >= 4 is 11.9 Å². The number of hydrogen-bond donors (Lipinski definition) is 1. The third kappa shape index (κ3) is 6.36. The molecular formula is C45H75NO4. The van der Waals surface area contributed by atoms with Crippen molar-refractivity contribution in [2.45, 2.75) is 171 Å². The lowest BCUT2D eigenvalue weighted by molar-refractivity contribution is -0.250. The highest BCUT2D eigenvalue weighted by atomic mass is 16.5.